The van der Waals surface area contributed by atoms with Crippen molar-refractivity contribution in [2.24, 2.45) is 0 Å². The fourth-order valence-electron chi connectivity index (χ4n) is 2.25. The Labute approximate surface area is 114 Å². The fraction of sp³-hybridized carbons (Fsp3) is 0.500. The van der Waals surface area contributed by atoms with Gasteiger partial charge in [-0.15, -0.1) is 6.42 Å². The van der Waals surface area contributed by atoms with Crippen molar-refractivity contribution in [3.8, 4) is 12.3 Å². The van der Waals surface area contributed by atoms with Crippen LogP contribution in [0.5, 0.6) is 0 Å². The van der Waals surface area contributed by atoms with Crippen LogP contribution < -0.4 is 11.4 Å². The van der Waals surface area contributed by atoms with Crippen molar-refractivity contribution in [1.82, 2.24) is 9.55 Å². The minimum atomic E-state index is -2.15. The molecular weight excluding hydrogens is 266 g/mol. The molecular formula is C12H15N3O5. The van der Waals surface area contributed by atoms with Gasteiger partial charge in [-0.2, -0.15) is 4.98 Å². The number of anilines is 1. The summed E-state index contributed by atoms with van der Waals surface area (Å²) in [6.07, 6.45) is 1.25. The maximum atomic E-state index is 11.9. The summed E-state index contributed by atoms with van der Waals surface area (Å²) in [7, 11) is 0. The lowest BCUT2D eigenvalue weighted by Gasteiger charge is -2.27. The van der Waals surface area contributed by atoms with Gasteiger partial charge in [0.1, 0.15) is 18.0 Å². The Morgan fingerprint density at radius 1 is 1.70 bits per heavy atom. The van der Waals surface area contributed by atoms with Gasteiger partial charge in [0.05, 0.1) is 6.61 Å². The van der Waals surface area contributed by atoms with E-state index < -0.39 is 36.3 Å². The number of aliphatic hydroxyl groups excluding tert-OH is 2. The summed E-state index contributed by atoms with van der Waals surface area (Å²) in [5.41, 5.74) is 2.88. The van der Waals surface area contributed by atoms with Gasteiger partial charge >= 0.3 is 5.69 Å². The summed E-state index contributed by atoms with van der Waals surface area (Å²) in [5, 5.41) is 29.4. The molecule has 8 heteroatoms. The minimum Gasteiger partial charge on any atom is -0.394 e. The summed E-state index contributed by atoms with van der Waals surface area (Å²) in [5.74, 6) is 2.04. The minimum absolute atomic E-state index is 0.0188. The van der Waals surface area contributed by atoms with E-state index in [1.54, 1.807) is 6.92 Å². The number of hydrogen-bond acceptors (Lipinski definition) is 7. The monoisotopic (exact) mass is 281 g/mol. The predicted molar refractivity (Wildman–Crippen MR) is 68.4 cm³/mol. The maximum Gasteiger partial charge on any atom is 0.351 e. The number of aryl methyl sites for hydroxylation is 1. The second-order valence-corrected chi connectivity index (χ2v) is 4.60. The Balaban J connectivity index is 2.58. The van der Waals surface area contributed by atoms with Crippen LogP contribution in [0, 0.1) is 19.3 Å². The highest BCUT2D eigenvalue weighted by molar-refractivity contribution is 5.29. The Bertz CT molecular complexity index is 622. The van der Waals surface area contributed by atoms with E-state index in [2.05, 4.69) is 4.98 Å². The molecule has 1 aromatic rings. The molecule has 0 aromatic carbocycles. The number of ether oxygens (including phenoxy) is 1. The molecule has 0 spiro atoms. The number of terminal acetylenes is 1. The van der Waals surface area contributed by atoms with Gasteiger partial charge in [-0.25, -0.2) is 4.79 Å². The molecule has 1 aliphatic rings. The Kier molecular flexibility index (Phi) is 3.54. The highest BCUT2D eigenvalue weighted by atomic mass is 16.6. The molecule has 1 fully saturated rings. The molecule has 1 aromatic heterocycles. The highest BCUT2D eigenvalue weighted by Gasteiger charge is 2.56. The van der Waals surface area contributed by atoms with Crippen LogP contribution in [0.1, 0.15) is 11.9 Å². The molecule has 2 heterocycles. The third-order valence-corrected chi connectivity index (χ3v) is 3.30. The van der Waals surface area contributed by atoms with Crippen LogP contribution in [0.2, 0.25) is 0 Å². The van der Waals surface area contributed by atoms with Gasteiger partial charge in [0.2, 0.25) is 0 Å². The normalized spacial score (nSPS) is 33.0. The third kappa shape index (κ3) is 1.97. The van der Waals surface area contributed by atoms with Crippen LogP contribution in [-0.4, -0.2) is 49.3 Å². The lowest BCUT2D eigenvalue weighted by atomic mass is 9.95. The molecule has 4 atom stereocenters. The molecule has 0 saturated carbocycles. The van der Waals surface area contributed by atoms with E-state index in [1.807, 2.05) is 5.92 Å². The first-order valence-electron chi connectivity index (χ1n) is 5.85. The van der Waals surface area contributed by atoms with Gasteiger partial charge in [-0.3, -0.25) is 4.57 Å². The van der Waals surface area contributed by atoms with E-state index in [0.717, 1.165) is 4.57 Å². The van der Waals surface area contributed by atoms with Crippen LogP contribution in [0.4, 0.5) is 5.82 Å². The molecule has 20 heavy (non-hydrogen) atoms. The standard InChI is InChI=1S/C12H15N3O5/c1-3-12(19)9(17)7(5-16)20-10(12)15-6(2)4-8(13)14-11(15)18/h1,4,7,9-10,16-17,19H,5H2,2H3,(H2,13,14,18)/t7-,9?,10-,12-/m1/s1. The van der Waals surface area contributed by atoms with Gasteiger partial charge in [-0.05, 0) is 13.0 Å². The summed E-state index contributed by atoms with van der Waals surface area (Å²) in [6.45, 7) is 0.996. The number of hydrogen-bond donors (Lipinski definition) is 4. The van der Waals surface area contributed by atoms with Crippen molar-refractivity contribution >= 4 is 5.82 Å². The quantitative estimate of drug-likeness (QED) is 0.450. The van der Waals surface area contributed by atoms with Crippen LogP contribution in [0.15, 0.2) is 10.9 Å². The van der Waals surface area contributed by atoms with E-state index in [9.17, 15) is 15.0 Å². The number of rotatable bonds is 2. The smallest absolute Gasteiger partial charge is 0.351 e. The van der Waals surface area contributed by atoms with Gasteiger partial charge in [0.25, 0.3) is 0 Å². The molecule has 0 amide bonds. The van der Waals surface area contributed by atoms with Gasteiger partial charge in [-0.1, -0.05) is 5.92 Å². The number of nitrogens with two attached hydrogens (primary N) is 1. The summed E-state index contributed by atoms with van der Waals surface area (Å²) in [4.78, 5) is 15.5. The molecule has 1 aliphatic heterocycles. The van der Waals surface area contributed by atoms with Crippen molar-refractivity contribution in [3.63, 3.8) is 0 Å². The van der Waals surface area contributed by atoms with Crippen LogP contribution in [0.25, 0.3) is 0 Å². The molecule has 8 nitrogen and oxygen atoms in total. The van der Waals surface area contributed by atoms with Crippen LogP contribution >= 0.6 is 0 Å². The van der Waals surface area contributed by atoms with Gasteiger partial charge in [0.15, 0.2) is 11.8 Å². The largest absolute Gasteiger partial charge is 0.394 e. The maximum absolute atomic E-state index is 11.9. The SMILES string of the molecule is C#C[C@@]1(O)C(O)[C@@H](CO)O[C@H]1n1c(C)cc(N)nc1=O. The molecule has 0 radical (unpaired) electrons. The predicted octanol–water partition coefficient (Wildman–Crippen LogP) is -2.25. The van der Waals surface area contributed by atoms with E-state index >= 15 is 0 Å². The molecule has 0 aliphatic carbocycles. The van der Waals surface area contributed by atoms with Crippen molar-refractivity contribution in [2.75, 3.05) is 12.3 Å². The number of nitrogens with zero attached hydrogens (tertiary/aromatic N) is 2. The number of aromatic nitrogens is 2. The summed E-state index contributed by atoms with van der Waals surface area (Å²) < 4.78 is 6.30. The number of nitrogen functional groups attached to an aromatic ring is 1. The van der Waals surface area contributed by atoms with Gasteiger partial charge in [0, 0.05) is 5.69 Å². The Morgan fingerprint density at radius 2 is 2.35 bits per heavy atom. The average molecular weight is 281 g/mol. The molecule has 108 valence electrons. The Morgan fingerprint density at radius 3 is 2.85 bits per heavy atom. The lowest BCUT2D eigenvalue weighted by molar-refractivity contribution is -0.0773. The topological polar surface area (TPSA) is 131 Å². The average Bonchev–Trinajstić information content (AvgIpc) is 2.63. The molecule has 1 saturated heterocycles. The third-order valence-electron chi connectivity index (χ3n) is 3.30. The summed E-state index contributed by atoms with van der Waals surface area (Å²) >= 11 is 0. The zero-order valence-electron chi connectivity index (χ0n) is 10.7. The van der Waals surface area contributed by atoms with Crippen molar-refractivity contribution < 1.29 is 20.1 Å². The van der Waals surface area contributed by atoms with Crippen LogP contribution in [0.3, 0.4) is 0 Å². The Hall–Kier alpha value is -1.92. The van der Waals surface area contributed by atoms with Crippen LogP contribution in [-0.2, 0) is 4.74 Å². The molecule has 0 bridgehead atoms. The summed E-state index contributed by atoms with van der Waals surface area (Å²) in [6, 6.07) is 1.40. The van der Waals surface area contributed by atoms with Crippen molar-refractivity contribution in [2.45, 2.75) is 31.0 Å². The first-order valence-corrected chi connectivity index (χ1v) is 5.85. The first kappa shape index (κ1) is 14.5. The molecule has 1 unspecified atom stereocenters. The van der Waals surface area contributed by atoms with E-state index in [1.165, 1.54) is 6.07 Å². The molecule has 5 N–H and O–H groups in total. The first-order chi connectivity index (χ1) is 9.35. The zero-order chi connectivity index (χ0) is 15.1. The lowest BCUT2D eigenvalue weighted by Crippen LogP contribution is -2.48. The second kappa shape index (κ2) is 4.88. The van der Waals surface area contributed by atoms with Crippen molar-refractivity contribution in [1.29, 1.82) is 0 Å². The van der Waals surface area contributed by atoms with Gasteiger partial charge < -0.3 is 25.8 Å². The fourth-order valence-corrected chi connectivity index (χ4v) is 2.25. The van der Waals surface area contributed by atoms with Crippen molar-refractivity contribution in [3.05, 3.63) is 22.2 Å². The van der Waals surface area contributed by atoms with E-state index in [0.29, 0.717) is 5.69 Å². The second-order valence-electron chi connectivity index (χ2n) is 4.60. The zero-order valence-corrected chi connectivity index (χ0v) is 10.7. The van der Waals surface area contributed by atoms with E-state index in [4.69, 9.17) is 22.0 Å². The molecule has 2 rings (SSSR count). The van der Waals surface area contributed by atoms with E-state index in [-0.39, 0.29) is 5.82 Å². The number of aliphatic hydroxyl groups is 3. The highest BCUT2D eigenvalue weighted by Crippen LogP contribution is 2.37.